The molecule has 31 heavy (non-hydrogen) atoms. The summed E-state index contributed by atoms with van der Waals surface area (Å²) in [6, 6.07) is 18.3. The molecule has 0 aromatic heterocycles. The van der Waals surface area contributed by atoms with E-state index in [1.165, 1.54) is 0 Å². The van der Waals surface area contributed by atoms with Crippen molar-refractivity contribution in [1.82, 2.24) is 10.2 Å². The van der Waals surface area contributed by atoms with E-state index in [1.807, 2.05) is 37.3 Å². The summed E-state index contributed by atoms with van der Waals surface area (Å²) >= 11 is 0. The number of piperidine rings is 1. The van der Waals surface area contributed by atoms with Crippen molar-refractivity contribution in [2.75, 3.05) is 26.7 Å². The minimum absolute atomic E-state index is 0. The minimum atomic E-state index is -0.0744. The van der Waals surface area contributed by atoms with Crippen molar-refractivity contribution >= 4 is 35.9 Å². The van der Waals surface area contributed by atoms with E-state index < -0.39 is 0 Å². The number of likely N-dealkylation sites (tertiary alicyclic amines) is 1. The SMILES string of the molecule is CCOC(=O)C1CCN(C(=NC)NCc2ccc(OCc3ccccc3)cc2)CC1.I. The molecule has 0 spiro atoms. The quantitative estimate of drug-likeness (QED) is 0.248. The molecule has 0 bridgehead atoms. The summed E-state index contributed by atoms with van der Waals surface area (Å²) in [5.41, 5.74) is 2.31. The Morgan fingerprint density at radius 3 is 2.35 bits per heavy atom. The van der Waals surface area contributed by atoms with Crippen LogP contribution < -0.4 is 10.1 Å². The number of esters is 1. The molecule has 168 valence electrons. The molecule has 0 saturated carbocycles. The number of nitrogens with one attached hydrogen (secondary N) is 1. The van der Waals surface area contributed by atoms with Crippen LogP contribution in [-0.2, 0) is 22.7 Å². The fraction of sp³-hybridized carbons (Fsp3) is 0.417. The molecule has 0 radical (unpaired) electrons. The standard InChI is InChI=1S/C24H31N3O3.HI/c1-3-29-23(28)21-13-15-27(16-14-21)24(25-2)26-17-19-9-11-22(12-10-19)30-18-20-7-5-4-6-8-20;/h4-12,21H,3,13-18H2,1-2H3,(H,25,26);1H. The molecule has 1 heterocycles. The normalized spacial score (nSPS) is 14.5. The van der Waals surface area contributed by atoms with Crippen molar-refractivity contribution in [3.8, 4) is 5.75 Å². The number of nitrogens with zero attached hydrogens (tertiary/aromatic N) is 2. The first-order valence-electron chi connectivity index (χ1n) is 10.6. The van der Waals surface area contributed by atoms with E-state index in [4.69, 9.17) is 9.47 Å². The summed E-state index contributed by atoms with van der Waals surface area (Å²) in [5, 5.41) is 3.42. The fourth-order valence-corrected chi connectivity index (χ4v) is 3.54. The molecule has 1 saturated heterocycles. The highest BCUT2D eigenvalue weighted by molar-refractivity contribution is 14.0. The highest BCUT2D eigenvalue weighted by Crippen LogP contribution is 2.19. The van der Waals surface area contributed by atoms with E-state index in [2.05, 4.69) is 39.5 Å². The van der Waals surface area contributed by atoms with Gasteiger partial charge in [-0.2, -0.15) is 0 Å². The number of benzene rings is 2. The Labute approximate surface area is 202 Å². The van der Waals surface area contributed by atoms with Crippen LogP contribution in [0.25, 0.3) is 0 Å². The lowest BCUT2D eigenvalue weighted by Gasteiger charge is -2.33. The number of hydrogen-bond donors (Lipinski definition) is 1. The second kappa shape index (κ2) is 13.2. The van der Waals surface area contributed by atoms with Gasteiger partial charge in [0.2, 0.25) is 0 Å². The number of hydrogen-bond acceptors (Lipinski definition) is 4. The van der Waals surface area contributed by atoms with Gasteiger partial charge in [-0.1, -0.05) is 42.5 Å². The van der Waals surface area contributed by atoms with Gasteiger partial charge in [0.1, 0.15) is 12.4 Å². The van der Waals surface area contributed by atoms with Gasteiger partial charge in [-0.05, 0) is 43.0 Å². The Balaban J connectivity index is 0.00000341. The van der Waals surface area contributed by atoms with Crippen LogP contribution in [0.1, 0.15) is 30.9 Å². The first kappa shape index (κ1) is 25.0. The average molecular weight is 537 g/mol. The maximum atomic E-state index is 11.9. The van der Waals surface area contributed by atoms with Gasteiger partial charge in [0.25, 0.3) is 0 Å². The molecule has 0 amide bonds. The van der Waals surface area contributed by atoms with E-state index in [0.717, 1.165) is 48.8 Å². The van der Waals surface area contributed by atoms with Crippen LogP contribution in [0.5, 0.6) is 5.75 Å². The average Bonchev–Trinajstić information content (AvgIpc) is 2.80. The van der Waals surface area contributed by atoms with Crippen LogP contribution in [0.15, 0.2) is 59.6 Å². The molecule has 3 rings (SSSR count). The third kappa shape index (κ3) is 7.72. The van der Waals surface area contributed by atoms with E-state index in [9.17, 15) is 4.79 Å². The third-order valence-corrected chi connectivity index (χ3v) is 5.25. The summed E-state index contributed by atoms with van der Waals surface area (Å²) in [6.45, 7) is 5.14. The summed E-state index contributed by atoms with van der Waals surface area (Å²) in [5.74, 6) is 1.65. The molecule has 1 aliphatic rings. The first-order chi connectivity index (χ1) is 14.7. The number of rotatable bonds is 7. The van der Waals surface area contributed by atoms with Crippen LogP contribution in [0.4, 0.5) is 0 Å². The molecule has 2 aromatic carbocycles. The van der Waals surface area contributed by atoms with Gasteiger partial charge in [-0.25, -0.2) is 0 Å². The Morgan fingerprint density at radius 1 is 1.06 bits per heavy atom. The van der Waals surface area contributed by atoms with Crippen LogP contribution in [0.3, 0.4) is 0 Å². The number of halogens is 1. The van der Waals surface area contributed by atoms with Crippen LogP contribution >= 0.6 is 24.0 Å². The number of ether oxygens (including phenoxy) is 2. The smallest absolute Gasteiger partial charge is 0.309 e. The highest BCUT2D eigenvalue weighted by atomic mass is 127. The first-order valence-corrected chi connectivity index (χ1v) is 10.6. The number of carbonyl (C=O) groups is 1. The molecule has 0 unspecified atom stereocenters. The van der Waals surface area contributed by atoms with Gasteiger partial charge < -0.3 is 19.7 Å². The van der Waals surface area contributed by atoms with Crippen molar-refractivity contribution in [2.24, 2.45) is 10.9 Å². The topological polar surface area (TPSA) is 63.2 Å². The highest BCUT2D eigenvalue weighted by Gasteiger charge is 2.27. The van der Waals surface area contributed by atoms with Crippen molar-refractivity contribution in [3.05, 3.63) is 65.7 Å². The maximum Gasteiger partial charge on any atom is 0.309 e. The zero-order chi connectivity index (χ0) is 21.2. The van der Waals surface area contributed by atoms with Crippen molar-refractivity contribution < 1.29 is 14.3 Å². The molecular formula is C24H32IN3O3. The molecule has 1 aliphatic heterocycles. The lowest BCUT2D eigenvalue weighted by molar-refractivity contribution is -0.149. The second-order valence-corrected chi connectivity index (χ2v) is 7.33. The summed E-state index contributed by atoms with van der Waals surface area (Å²) in [4.78, 5) is 18.5. The van der Waals surface area contributed by atoms with Gasteiger partial charge >= 0.3 is 5.97 Å². The molecule has 2 aromatic rings. The molecular weight excluding hydrogens is 505 g/mol. The molecule has 0 aliphatic carbocycles. The number of carbonyl (C=O) groups excluding carboxylic acids is 1. The Bertz CT molecular complexity index is 820. The molecule has 7 heteroatoms. The van der Waals surface area contributed by atoms with E-state index in [1.54, 1.807) is 7.05 Å². The second-order valence-electron chi connectivity index (χ2n) is 7.33. The minimum Gasteiger partial charge on any atom is -0.489 e. The van der Waals surface area contributed by atoms with Crippen LogP contribution in [0.2, 0.25) is 0 Å². The third-order valence-electron chi connectivity index (χ3n) is 5.25. The maximum absolute atomic E-state index is 11.9. The molecule has 0 atom stereocenters. The summed E-state index contributed by atoms with van der Waals surface area (Å²) < 4.78 is 11.0. The predicted molar refractivity (Wildman–Crippen MR) is 134 cm³/mol. The number of guanidine groups is 1. The molecule has 1 N–H and O–H groups in total. The zero-order valence-corrected chi connectivity index (χ0v) is 20.6. The van der Waals surface area contributed by atoms with Gasteiger partial charge in [0.05, 0.1) is 12.5 Å². The lowest BCUT2D eigenvalue weighted by atomic mass is 9.97. The van der Waals surface area contributed by atoms with Gasteiger partial charge in [0, 0.05) is 26.7 Å². The zero-order valence-electron chi connectivity index (χ0n) is 18.3. The predicted octanol–water partition coefficient (Wildman–Crippen LogP) is 4.23. The van der Waals surface area contributed by atoms with Crippen molar-refractivity contribution in [1.29, 1.82) is 0 Å². The Hall–Kier alpha value is -2.29. The van der Waals surface area contributed by atoms with Crippen LogP contribution in [-0.4, -0.2) is 43.6 Å². The van der Waals surface area contributed by atoms with E-state index in [0.29, 0.717) is 19.8 Å². The monoisotopic (exact) mass is 537 g/mol. The van der Waals surface area contributed by atoms with Gasteiger partial charge in [-0.3, -0.25) is 9.79 Å². The summed E-state index contributed by atoms with van der Waals surface area (Å²) in [6.07, 6.45) is 1.60. The molecule has 6 nitrogen and oxygen atoms in total. The van der Waals surface area contributed by atoms with E-state index >= 15 is 0 Å². The largest absolute Gasteiger partial charge is 0.489 e. The van der Waals surface area contributed by atoms with Crippen LogP contribution in [0, 0.1) is 5.92 Å². The fourth-order valence-electron chi connectivity index (χ4n) is 3.54. The Kier molecular flexibility index (Phi) is 10.6. The van der Waals surface area contributed by atoms with Crippen molar-refractivity contribution in [3.63, 3.8) is 0 Å². The number of aliphatic imine (C=N–C) groups is 1. The van der Waals surface area contributed by atoms with Gasteiger partial charge in [0.15, 0.2) is 5.96 Å². The van der Waals surface area contributed by atoms with E-state index in [-0.39, 0.29) is 35.9 Å². The lowest BCUT2D eigenvalue weighted by Crippen LogP contribution is -2.46. The molecule has 1 fully saturated rings. The summed E-state index contributed by atoms with van der Waals surface area (Å²) in [7, 11) is 1.79. The van der Waals surface area contributed by atoms with Gasteiger partial charge in [-0.15, -0.1) is 24.0 Å². The Morgan fingerprint density at radius 2 is 1.74 bits per heavy atom. The van der Waals surface area contributed by atoms with Crippen molar-refractivity contribution in [2.45, 2.75) is 32.9 Å².